The lowest BCUT2D eigenvalue weighted by Gasteiger charge is -2.09. The number of carbonyl (C=O) groups excluding carboxylic acids is 1. The Morgan fingerprint density at radius 1 is 1.16 bits per heavy atom. The molecule has 0 unspecified atom stereocenters. The number of rotatable bonds is 7. The van der Waals surface area contributed by atoms with Gasteiger partial charge in [0.25, 0.3) is 5.91 Å². The fraction of sp³-hybridized carbons (Fsp3) is 0.222. The van der Waals surface area contributed by atoms with Gasteiger partial charge in [0.15, 0.2) is 11.6 Å². The van der Waals surface area contributed by atoms with Gasteiger partial charge in [0.2, 0.25) is 0 Å². The Hall–Kier alpha value is -3.22. The second-order valence-electron chi connectivity index (χ2n) is 5.30. The molecule has 7 nitrogen and oxygen atoms in total. The number of carbonyl (C=O) groups is 1. The predicted octanol–water partition coefficient (Wildman–Crippen LogP) is 2.54. The monoisotopic (exact) mass is 337 g/mol. The van der Waals surface area contributed by atoms with E-state index in [1.54, 1.807) is 18.3 Å². The molecule has 25 heavy (non-hydrogen) atoms. The van der Waals surface area contributed by atoms with Crippen LogP contribution in [0.3, 0.4) is 0 Å². The van der Waals surface area contributed by atoms with Crippen molar-refractivity contribution >= 4 is 11.7 Å². The lowest BCUT2D eigenvalue weighted by atomic mass is 10.3. The molecule has 0 aliphatic heterocycles. The van der Waals surface area contributed by atoms with Crippen LogP contribution in [0.25, 0.3) is 11.5 Å². The highest BCUT2D eigenvalue weighted by Crippen LogP contribution is 2.15. The Bertz CT molecular complexity index is 819. The summed E-state index contributed by atoms with van der Waals surface area (Å²) in [6, 6.07) is 10.8. The number of nitrogens with zero attached hydrogens (tertiary/aromatic N) is 3. The highest BCUT2D eigenvalue weighted by molar-refractivity contribution is 5.91. The van der Waals surface area contributed by atoms with Gasteiger partial charge in [-0.25, -0.2) is 9.97 Å². The van der Waals surface area contributed by atoms with Crippen LogP contribution >= 0.6 is 0 Å². The van der Waals surface area contributed by atoms with E-state index < -0.39 is 0 Å². The molecule has 3 aromatic heterocycles. The Kier molecular flexibility index (Phi) is 5.36. The van der Waals surface area contributed by atoms with Crippen molar-refractivity contribution in [2.75, 3.05) is 18.4 Å². The molecule has 0 atom stereocenters. The summed E-state index contributed by atoms with van der Waals surface area (Å²) in [5.41, 5.74) is 1.66. The number of hydrogen-bond donors (Lipinski definition) is 2. The minimum absolute atomic E-state index is 0.238. The smallest absolute Gasteiger partial charge is 0.287 e. The fourth-order valence-corrected chi connectivity index (χ4v) is 2.24. The van der Waals surface area contributed by atoms with Crippen LogP contribution in [-0.4, -0.2) is 33.9 Å². The highest BCUT2D eigenvalue weighted by atomic mass is 16.3. The van der Waals surface area contributed by atoms with Crippen molar-refractivity contribution in [2.24, 2.45) is 0 Å². The lowest BCUT2D eigenvalue weighted by molar-refractivity contribution is 0.0927. The van der Waals surface area contributed by atoms with Gasteiger partial charge in [-0.3, -0.25) is 9.78 Å². The van der Waals surface area contributed by atoms with Crippen LogP contribution < -0.4 is 10.6 Å². The van der Waals surface area contributed by atoms with Crippen molar-refractivity contribution in [1.82, 2.24) is 20.3 Å². The number of anilines is 1. The zero-order valence-corrected chi connectivity index (χ0v) is 13.9. The maximum absolute atomic E-state index is 11.8. The number of amides is 1. The van der Waals surface area contributed by atoms with Gasteiger partial charge in [-0.15, -0.1) is 0 Å². The second kappa shape index (κ2) is 8.05. The van der Waals surface area contributed by atoms with Gasteiger partial charge in [0, 0.05) is 31.0 Å². The number of furan rings is 1. The van der Waals surface area contributed by atoms with Crippen molar-refractivity contribution in [2.45, 2.75) is 13.3 Å². The second-order valence-corrected chi connectivity index (χ2v) is 5.30. The van der Waals surface area contributed by atoms with E-state index in [0.717, 1.165) is 17.8 Å². The molecule has 3 aromatic rings. The zero-order valence-electron chi connectivity index (χ0n) is 13.9. The van der Waals surface area contributed by atoms with Crippen LogP contribution in [0, 0.1) is 0 Å². The maximum Gasteiger partial charge on any atom is 0.287 e. The van der Waals surface area contributed by atoms with Gasteiger partial charge in [-0.05, 0) is 30.7 Å². The molecule has 0 aliphatic carbocycles. The average molecular weight is 337 g/mol. The van der Waals surface area contributed by atoms with Crippen molar-refractivity contribution in [1.29, 1.82) is 0 Å². The van der Waals surface area contributed by atoms with Gasteiger partial charge >= 0.3 is 0 Å². The van der Waals surface area contributed by atoms with Crippen molar-refractivity contribution < 1.29 is 9.21 Å². The third kappa shape index (κ3) is 4.41. The molecule has 0 bridgehead atoms. The first-order valence-electron chi connectivity index (χ1n) is 8.11. The maximum atomic E-state index is 11.8. The fourth-order valence-electron chi connectivity index (χ4n) is 2.24. The summed E-state index contributed by atoms with van der Waals surface area (Å²) in [5, 5.41) is 5.99. The molecule has 3 heterocycles. The number of nitrogens with one attached hydrogen (secondary N) is 2. The first-order valence-corrected chi connectivity index (χ1v) is 8.11. The van der Waals surface area contributed by atoms with Crippen LogP contribution in [0.5, 0.6) is 0 Å². The molecule has 0 spiro atoms. The molecule has 1 amide bonds. The molecular formula is C18H19N5O2. The molecular weight excluding hydrogens is 318 g/mol. The van der Waals surface area contributed by atoms with Gasteiger partial charge in [0.1, 0.15) is 11.5 Å². The summed E-state index contributed by atoms with van der Waals surface area (Å²) in [4.78, 5) is 25.1. The topological polar surface area (TPSA) is 92.9 Å². The number of hydrogen-bond acceptors (Lipinski definition) is 6. The third-order valence-electron chi connectivity index (χ3n) is 3.50. The van der Waals surface area contributed by atoms with E-state index in [9.17, 15) is 4.79 Å². The lowest BCUT2D eigenvalue weighted by Crippen LogP contribution is -2.28. The largest absolute Gasteiger partial charge is 0.459 e. The van der Waals surface area contributed by atoms with Gasteiger partial charge in [0.05, 0.1) is 6.26 Å². The molecule has 0 aliphatic rings. The van der Waals surface area contributed by atoms with E-state index >= 15 is 0 Å². The summed E-state index contributed by atoms with van der Waals surface area (Å²) < 4.78 is 5.05. The normalized spacial score (nSPS) is 10.4. The molecule has 0 radical (unpaired) electrons. The third-order valence-corrected chi connectivity index (χ3v) is 3.50. The summed E-state index contributed by atoms with van der Waals surface area (Å²) in [7, 11) is 0. The van der Waals surface area contributed by atoms with E-state index in [1.165, 1.54) is 6.26 Å². The zero-order chi connectivity index (χ0) is 17.5. The molecule has 0 saturated carbocycles. The summed E-state index contributed by atoms with van der Waals surface area (Å²) >= 11 is 0. The van der Waals surface area contributed by atoms with Crippen molar-refractivity contribution in [3.8, 4) is 11.5 Å². The van der Waals surface area contributed by atoms with Crippen LogP contribution in [0.2, 0.25) is 0 Å². The Balaban J connectivity index is 1.61. The minimum Gasteiger partial charge on any atom is -0.459 e. The molecule has 0 saturated heterocycles. The molecule has 0 aromatic carbocycles. The van der Waals surface area contributed by atoms with Crippen LogP contribution in [-0.2, 0) is 6.42 Å². The molecule has 2 N–H and O–H groups in total. The van der Waals surface area contributed by atoms with Crippen LogP contribution in [0.4, 0.5) is 5.82 Å². The van der Waals surface area contributed by atoms with Crippen LogP contribution in [0.15, 0.2) is 53.3 Å². The van der Waals surface area contributed by atoms with Gasteiger partial charge < -0.3 is 15.1 Å². The molecule has 7 heteroatoms. The average Bonchev–Trinajstić information content (AvgIpc) is 3.20. The Labute approximate surface area is 145 Å². The first kappa shape index (κ1) is 16.6. The van der Waals surface area contributed by atoms with Crippen LogP contribution in [0.1, 0.15) is 23.2 Å². The predicted molar refractivity (Wildman–Crippen MR) is 94.2 cm³/mol. The highest BCUT2D eigenvalue weighted by Gasteiger charge is 2.08. The Morgan fingerprint density at radius 2 is 2.08 bits per heavy atom. The number of aryl methyl sites for hydroxylation is 1. The van der Waals surface area contributed by atoms with Gasteiger partial charge in [-0.2, -0.15) is 0 Å². The quantitative estimate of drug-likeness (QED) is 0.644. The number of pyridine rings is 1. The Morgan fingerprint density at radius 3 is 2.80 bits per heavy atom. The van der Waals surface area contributed by atoms with Gasteiger partial charge in [-0.1, -0.05) is 13.0 Å². The van der Waals surface area contributed by atoms with E-state index in [2.05, 4.69) is 25.6 Å². The molecule has 128 valence electrons. The first-order chi connectivity index (χ1) is 12.3. The summed E-state index contributed by atoms with van der Waals surface area (Å²) in [5.74, 6) is 1.35. The SMILES string of the molecule is CCc1cc(NCCNC(=O)c2ccco2)nc(-c2ccccn2)n1. The molecule has 3 rings (SSSR count). The van der Waals surface area contributed by atoms with E-state index in [4.69, 9.17) is 4.42 Å². The van der Waals surface area contributed by atoms with E-state index in [-0.39, 0.29) is 5.91 Å². The van der Waals surface area contributed by atoms with Crippen molar-refractivity contribution in [3.05, 3.63) is 60.3 Å². The molecule has 0 fully saturated rings. The minimum atomic E-state index is -0.238. The number of aromatic nitrogens is 3. The standard InChI is InChI=1S/C18H19N5O2/c1-2-13-12-16(23-17(22-13)14-6-3-4-8-19-14)20-9-10-21-18(24)15-7-5-11-25-15/h3-8,11-12H,2,9-10H2,1H3,(H,21,24)(H,20,22,23). The summed E-state index contributed by atoms with van der Waals surface area (Å²) in [6.45, 7) is 3.02. The van der Waals surface area contributed by atoms with Crippen molar-refractivity contribution in [3.63, 3.8) is 0 Å². The summed E-state index contributed by atoms with van der Waals surface area (Å²) in [6.07, 6.45) is 3.99. The van der Waals surface area contributed by atoms with E-state index in [0.29, 0.717) is 30.5 Å². The van der Waals surface area contributed by atoms with E-state index in [1.807, 2.05) is 31.2 Å².